The van der Waals surface area contributed by atoms with Crippen LogP contribution in [0.15, 0.2) is 170 Å². The van der Waals surface area contributed by atoms with Gasteiger partial charge < -0.3 is 0 Å². The molecule has 0 aromatic heterocycles. The third-order valence-electron chi connectivity index (χ3n) is 29.1. The molecule has 602 valence electrons. The zero-order chi connectivity index (χ0) is 85.1. The number of aryl methyl sites for hydroxylation is 18. The van der Waals surface area contributed by atoms with Crippen molar-refractivity contribution in [2.75, 3.05) is 0 Å². The lowest BCUT2D eigenvalue weighted by Crippen LogP contribution is -1.93. The Hall–Kier alpha value is -10.9. The second-order valence-corrected chi connectivity index (χ2v) is 37.1. The summed E-state index contributed by atoms with van der Waals surface area (Å²) in [6, 6.07) is 63.9. The maximum absolute atomic E-state index is 2.37. The first-order valence-corrected chi connectivity index (χ1v) is 43.9. The van der Waals surface area contributed by atoms with E-state index in [0.29, 0.717) is 0 Å². The summed E-state index contributed by atoms with van der Waals surface area (Å²) in [6.07, 6.45) is 7.76. The van der Waals surface area contributed by atoms with E-state index in [2.05, 4.69) is 364 Å². The average molecular weight is 1560 g/mol. The molecule has 0 radical (unpaired) electrons. The van der Waals surface area contributed by atoms with Gasteiger partial charge >= 0.3 is 0 Å². The molecule has 0 aliphatic heterocycles. The van der Waals surface area contributed by atoms with E-state index in [0.717, 1.165) is 44.9 Å². The maximum Gasteiger partial charge on any atom is -0.000809 e. The van der Waals surface area contributed by atoms with Gasteiger partial charge in [0.2, 0.25) is 0 Å². The molecule has 0 heteroatoms. The molecule has 14 aromatic rings. The molecule has 0 heterocycles. The zero-order valence-corrected chi connectivity index (χ0v) is 77.1. The lowest BCUT2D eigenvalue weighted by molar-refractivity contribution is 1.17. The number of fused-ring (bicyclic) bond motifs is 21. The summed E-state index contributed by atoms with van der Waals surface area (Å²) in [4.78, 5) is 0. The molecule has 0 fully saturated rings. The van der Waals surface area contributed by atoms with Gasteiger partial charge in [-0.2, -0.15) is 0 Å². The topological polar surface area (TPSA) is 0 Å². The highest BCUT2D eigenvalue weighted by Gasteiger charge is 2.31. The van der Waals surface area contributed by atoms with Crippen LogP contribution in [0.25, 0.3) is 77.9 Å². The van der Waals surface area contributed by atoms with E-state index in [1.807, 2.05) is 0 Å². The lowest BCUT2D eigenvalue weighted by Gasteiger charge is -2.13. The SMILES string of the molecule is Cc1cc(C)c2c(c1C)-c1c(C)cccc1C2.Cc1cc(C)c2c(c1C)-c1cccc(C)c1C2.Cc1cc2c(c(C)c1C)-c1c(C)cccc1C2.Cc1ccc2c(c1)-c1c(C)c(C)cc(C)c1C2.Cc1ccc2c(c1)-c1c(cc(C)c(C)c1C)C2.Cc1ccc2c(c1)Cc1c(C)cc(C)c(C)c1-2.Cc1ccc2c(c1)Cc1cc(C)c(C)c(C)c1-2. The van der Waals surface area contributed by atoms with Crippen molar-refractivity contribution in [3.8, 4) is 77.9 Å². The Morgan fingerprint density at radius 3 is 0.933 bits per heavy atom. The minimum absolute atomic E-state index is 1.10. The monoisotopic (exact) mass is 1550 g/mol. The molecule has 0 unspecified atom stereocenters. The molecule has 0 saturated heterocycles. The van der Waals surface area contributed by atoms with Gasteiger partial charge in [-0.15, -0.1) is 0 Å². The van der Waals surface area contributed by atoms with Crippen LogP contribution in [0.2, 0.25) is 0 Å². The molecule has 14 aromatic carbocycles. The third-order valence-corrected chi connectivity index (χ3v) is 29.1. The number of hydrogen-bond donors (Lipinski definition) is 0. The first-order valence-electron chi connectivity index (χ1n) is 43.9. The van der Waals surface area contributed by atoms with Crippen molar-refractivity contribution >= 4 is 0 Å². The van der Waals surface area contributed by atoms with Crippen LogP contribution in [-0.4, -0.2) is 0 Å². The number of hydrogen-bond acceptors (Lipinski definition) is 0. The highest BCUT2D eigenvalue weighted by molar-refractivity contribution is 5.89. The summed E-state index contributed by atoms with van der Waals surface area (Å²) in [5.74, 6) is 0. The lowest BCUT2D eigenvalue weighted by atomic mass is 9.92. The van der Waals surface area contributed by atoms with Gasteiger partial charge in [-0.05, 0) is 528 Å². The van der Waals surface area contributed by atoms with E-state index in [9.17, 15) is 0 Å². The van der Waals surface area contributed by atoms with Crippen molar-refractivity contribution in [3.05, 3.63) is 404 Å². The summed E-state index contributed by atoms with van der Waals surface area (Å²) in [5.41, 5.74) is 81.8. The fourth-order valence-electron chi connectivity index (χ4n) is 21.3. The van der Waals surface area contributed by atoms with Gasteiger partial charge in [0.1, 0.15) is 0 Å². The number of benzene rings is 14. The van der Waals surface area contributed by atoms with Crippen molar-refractivity contribution in [2.45, 2.75) is 239 Å². The molecule has 0 amide bonds. The standard InChI is InChI=1S/7C17H18/c1-10-5-6-16-14(7-10)9-15-8-11(2)12(3)13(4)17(15)16;1-10-5-6-14-9-15-8-11(2)12(3)13(4)17(15)16(14)7-10;1-10-5-6-15-14(7-10)9-16-12(3)8-11(2)13(4)17(15)16;1-10-5-6-14-9-15-12(3)8-11(2)13(4)17(15)16(14)7-10;1-10-6-5-7-14-9-15-8-11(2)12(3)13(4)17(15)16(10)14;1-10-6-5-7-14-15(10)9-16-12(3)8-11(2)13(4)17(14)16;1-10-6-5-7-14-9-15-12(3)8-11(2)13(4)17(15)16(10)14/h7*5-8H,9H2,1-4H3. The van der Waals surface area contributed by atoms with Crippen LogP contribution in [0.3, 0.4) is 0 Å². The first-order chi connectivity index (χ1) is 56.6. The molecule has 21 rings (SSSR count). The van der Waals surface area contributed by atoms with Crippen LogP contribution in [0.1, 0.15) is 234 Å². The fraction of sp³-hybridized carbons (Fsp3) is 0.294. The van der Waals surface area contributed by atoms with Crippen LogP contribution >= 0.6 is 0 Å². The summed E-state index contributed by atoms with van der Waals surface area (Å²) in [5, 5.41) is 0. The van der Waals surface area contributed by atoms with Gasteiger partial charge in [0.05, 0.1) is 0 Å². The Morgan fingerprint density at radius 2 is 0.437 bits per heavy atom. The summed E-state index contributed by atoms with van der Waals surface area (Å²) in [7, 11) is 0. The zero-order valence-electron chi connectivity index (χ0n) is 77.1. The third kappa shape index (κ3) is 15.2. The average Bonchev–Trinajstić information content (AvgIpc) is 1.62. The summed E-state index contributed by atoms with van der Waals surface area (Å²) >= 11 is 0. The summed E-state index contributed by atoms with van der Waals surface area (Å²) < 4.78 is 0. The molecule has 119 heavy (non-hydrogen) atoms. The van der Waals surface area contributed by atoms with Crippen molar-refractivity contribution < 1.29 is 0 Å². The van der Waals surface area contributed by atoms with E-state index in [1.54, 1.807) is 0 Å². The van der Waals surface area contributed by atoms with Crippen LogP contribution in [0, 0.1) is 194 Å². The van der Waals surface area contributed by atoms with Crippen LogP contribution in [0.4, 0.5) is 0 Å². The molecule has 0 N–H and O–H groups in total. The quantitative estimate of drug-likeness (QED) is 0.142. The largest absolute Gasteiger partial charge is 0.0617 e. The van der Waals surface area contributed by atoms with Gasteiger partial charge in [0.15, 0.2) is 0 Å². The van der Waals surface area contributed by atoms with Gasteiger partial charge in [-0.25, -0.2) is 0 Å². The predicted octanol–water partition coefficient (Wildman–Crippen LogP) is 31.4. The van der Waals surface area contributed by atoms with Crippen molar-refractivity contribution in [1.29, 1.82) is 0 Å². The second kappa shape index (κ2) is 32.7. The first kappa shape index (κ1) is 83.2. The normalized spacial score (nSPS) is 12.5. The molecular weight excluding hydrogens is 1430 g/mol. The molecule has 7 aliphatic rings. The Balaban J connectivity index is 0.000000108. The Bertz CT molecular complexity index is 6530. The molecule has 0 saturated carbocycles. The van der Waals surface area contributed by atoms with Gasteiger partial charge in [-0.1, -0.05) is 192 Å². The van der Waals surface area contributed by atoms with E-state index in [4.69, 9.17) is 0 Å². The molecule has 7 aliphatic carbocycles. The van der Waals surface area contributed by atoms with Crippen molar-refractivity contribution in [1.82, 2.24) is 0 Å². The summed E-state index contributed by atoms with van der Waals surface area (Å²) in [6.45, 7) is 62.4. The molecule has 0 bridgehead atoms. The van der Waals surface area contributed by atoms with Crippen LogP contribution < -0.4 is 0 Å². The maximum atomic E-state index is 2.37. The Labute approximate surface area is 715 Å². The van der Waals surface area contributed by atoms with Crippen LogP contribution in [0.5, 0.6) is 0 Å². The second-order valence-electron chi connectivity index (χ2n) is 37.1. The molecule has 0 spiro atoms. The van der Waals surface area contributed by atoms with Crippen LogP contribution in [-0.2, 0) is 44.9 Å². The van der Waals surface area contributed by atoms with Crippen molar-refractivity contribution in [2.24, 2.45) is 0 Å². The smallest absolute Gasteiger partial charge is 0.000809 e. The van der Waals surface area contributed by atoms with E-state index < -0.39 is 0 Å². The van der Waals surface area contributed by atoms with Gasteiger partial charge in [0, 0.05) is 0 Å². The van der Waals surface area contributed by atoms with Gasteiger partial charge in [-0.3, -0.25) is 0 Å². The highest BCUT2D eigenvalue weighted by atomic mass is 14.3. The fourth-order valence-corrected chi connectivity index (χ4v) is 21.3. The predicted molar refractivity (Wildman–Crippen MR) is 515 cm³/mol. The molecule has 0 atom stereocenters. The Morgan fingerprint density at radius 1 is 0.134 bits per heavy atom. The molecular formula is C119H126. The number of rotatable bonds is 0. The van der Waals surface area contributed by atoms with E-state index in [1.165, 1.54) is 312 Å². The van der Waals surface area contributed by atoms with E-state index in [-0.39, 0.29) is 0 Å². The molecule has 0 nitrogen and oxygen atoms in total. The van der Waals surface area contributed by atoms with Gasteiger partial charge in [0.25, 0.3) is 0 Å². The van der Waals surface area contributed by atoms with Crippen molar-refractivity contribution in [3.63, 3.8) is 0 Å². The Kier molecular flexibility index (Phi) is 22.8. The van der Waals surface area contributed by atoms with E-state index >= 15 is 0 Å². The highest BCUT2D eigenvalue weighted by Crippen LogP contribution is 2.50. The minimum Gasteiger partial charge on any atom is -0.0617 e. The minimum atomic E-state index is 1.10.